The lowest BCUT2D eigenvalue weighted by molar-refractivity contribution is 0.0792. The summed E-state index contributed by atoms with van der Waals surface area (Å²) in [4.78, 5) is 14.6. The Balaban J connectivity index is 1.28. The second-order valence-electron chi connectivity index (χ2n) is 7.68. The number of hydrogen-bond acceptors (Lipinski definition) is 4. The lowest BCUT2D eigenvalue weighted by atomic mass is 10.1. The molecule has 5 heteroatoms. The smallest absolute Gasteiger partial charge is 0.253 e. The van der Waals surface area contributed by atoms with E-state index in [0.717, 1.165) is 35.4 Å². The molecule has 0 saturated heterocycles. The first-order valence-corrected chi connectivity index (χ1v) is 10.7. The van der Waals surface area contributed by atoms with Crippen LogP contribution in [0.4, 0.5) is 0 Å². The van der Waals surface area contributed by atoms with Gasteiger partial charge in [-0.25, -0.2) is 0 Å². The minimum atomic E-state index is -0.0299. The highest BCUT2D eigenvalue weighted by Crippen LogP contribution is 2.20. The van der Waals surface area contributed by atoms with Crippen molar-refractivity contribution in [1.82, 2.24) is 10.1 Å². The van der Waals surface area contributed by atoms with Crippen LogP contribution in [0.3, 0.4) is 0 Å². The predicted octanol–water partition coefficient (Wildman–Crippen LogP) is 5.63. The van der Waals surface area contributed by atoms with Gasteiger partial charge in [-0.05, 0) is 30.2 Å². The summed E-state index contributed by atoms with van der Waals surface area (Å²) < 4.78 is 11.3. The molecule has 0 N–H and O–H groups in total. The largest absolute Gasteiger partial charge is 0.489 e. The van der Waals surface area contributed by atoms with Gasteiger partial charge in [-0.1, -0.05) is 71.9 Å². The number of rotatable bonds is 9. The molecule has 0 spiro atoms. The maximum absolute atomic E-state index is 12.8. The number of hydrogen-bond donors (Lipinski definition) is 0. The number of carbonyl (C=O) groups excluding carboxylic acids is 1. The summed E-state index contributed by atoms with van der Waals surface area (Å²) >= 11 is 0. The number of ether oxygens (including phenoxy) is 1. The number of nitrogens with zero attached hydrogens (tertiary/aromatic N) is 2. The first-order chi connectivity index (χ1) is 15.7. The molecule has 1 aromatic heterocycles. The average molecular weight is 427 g/mol. The molecule has 0 saturated carbocycles. The Morgan fingerprint density at radius 2 is 1.69 bits per heavy atom. The number of benzene rings is 3. The highest BCUT2D eigenvalue weighted by molar-refractivity contribution is 5.94. The van der Waals surface area contributed by atoms with Crippen molar-refractivity contribution in [3.63, 3.8) is 0 Å². The van der Waals surface area contributed by atoms with Crippen LogP contribution in [-0.4, -0.2) is 29.6 Å². The van der Waals surface area contributed by atoms with Crippen molar-refractivity contribution >= 4 is 5.91 Å². The SMILES string of the molecule is CN(CCCc1cc(-c2ccccc2)no1)C(=O)c1cccc(OCc2ccccc2)c1. The van der Waals surface area contributed by atoms with E-state index in [2.05, 4.69) is 5.16 Å². The summed E-state index contributed by atoms with van der Waals surface area (Å²) in [6.45, 7) is 1.09. The summed E-state index contributed by atoms with van der Waals surface area (Å²) in [7, 11) is 1.82. The Morgan fingerprint density at radius 1 is 0.938 bits per heavy atom. The lowest BCUT2D eigenvalue weighted by Crippen LogP contribution is -2.28. The molecule has 0 bridgehead atoms. The molecule has 1 heterocycles. The van der Waals surface area contributed by atoms with Gasteiger partial charge in [0.1, 0.15) is 23.8 Å². The van der Waals surface area contributed by atoms with Gasteiger partial charge in [0.25, 0.3) is 5.91 Å². The molecule has 162 valence electrons. The van der Waals surface area contributed by atoms with Crippen molar-refractivity contribution in [3.05, 3.63) is 108 Å². The van der Waals surface area contributed by atoms with Crippen LogP contribution in [-0.2, 0) is 13.0 Å². The van der Waals surface area contributed by atoms with Crippen molar-refractivity contribution in [2.24, 2.45) is 0 Å². The molecule has 4 rings (SSSR count). The Bertz CT molecular complexity index is 1140. The molecule has 5 nitrogen and oxygen atoms in total. The van der Waals surface area contributed by atoms with Crippen molar-refractivity contribution in [1.29, 1.82) is 0 Å². The lowest BCUT2D eigenvalue weighted by Gasteiger charge is -2.17. The molecule has 0 unspecified atom stereocenters. The average Bonchev–Trinajstić information content (AvgIpc) is 3.32. The highest BCUT2D eigenvalue weighted by atomic mass is 16.5. The Labute approximate surface area is 188 Å². The van der Waals surface area contributed by atoms with E-state index in [9.17, 15) is 4.79 Å². The maximum atomic E-state index is 12.8. The Hall–Kier alpha value is -3.86. The number of aryl methyl sites for hydroxylation is 1. The molecule has 0 aliphatic carbocycles. The summed E-state index contributed by atoms with van der Waals surface area (Å²) in [5.74, 6) is 1.47. The molecule has 4 aromatic rings. The zero-order valence-corrected chi connectivity index (χ0v) is 18.1. The molecule has 0 aliphatic heterocycles. The van der Waals surface area contributed by atoms with Crippen LogP contribution in [0.2, 0.25) is 0 Å². The van der Waals surface area contributed by atoms with Crippen LogP contribution in [0.5, 0.6) is 5.75 Å². The minimum Gasteiger partial charge on any atom is -0.489 e. The molecule has 0 radical (unpaired) electrons. The summed E-state index contributed by atoms with van der Waals surface area (Å²) in [6.07, 6.45) is 1.51. The first kappa shape index (κ1) is 21.4. The van der Waals surface area contributed by atoms with Gasteiger partial charge >= 0.3 is 0 Å². The summed E-state index contributed by atoms with van der Waals surface area (Å²) in [5.41, 5.74) is 3.56. The second kappa shape index (κ2) is 10.4. The van der Waals surface area contributed by atoms with E-state index in [1.165, 1.54) is 0 Å². The van der Waals surface area contributed by atoms with E-state index in [1.54, 1.807) is 11.0 Å². The molecular formula is C27H26N2O3. The van der Waals surface area contributed by atoms with Crippen molar-refractivity contribution < 1.29 is 14.1 Å². The topological polar surface area (TPSA) is 55.6 Å². The van der Waals surface area contributed by atoms with E-state index < -0.39 is 0 Å². The van der Waals surface area contributed by atoms with Gasteiger partial charge < -0.3 is 14.2 Å². The van der Waals surface area contributed by atoms with Crippen LogP contribution in [0, 0.1) is 0 Å². The Kier molecular flexibility index (Phi) is 6.98. The van der Waals surface area contributed by atoms with Gasteiger partial charge in [-0.3, -0.25) is 4.79 Å². The molecule has 3 aromatic carbocycles. The molecule has 32 heavy (non-hydrogen) atoms. The quantitative estimate of drug-likeness (QED) is 0.348. The summed E-state index contributed by atoms with van der Waals surface area (Å²) in [6, 6.07) is 29.2. The highest BCUT2D eigenvalue weighted by Gasteiger charge is 2.13. The van der Waals surface area contributed by atoms with E-state index >= 15 is 0 Å². The fraction of sp³-hybridized carbons (Fsp3) is 0.185. The zero-order chi connectivity index (χ0) is 22.2. The van der Waals surface area contributed by atoms with Gasteiger partial charge in [-0.15, -0.1) is 0 Å². The number of carbonyl (C=O) groups is 1. The fourth-order valence-electron chi connectivity index (χ4n) is 3.45. The first-order valence-electron chi connectivity index (χ1n) is 10.7. The zero-order valence-electron chi connectivity index (χ0n) is 18.1. The van der Waals surface area contributed by atoms with Gasteiger partial charge in [0.05, 0.1) is 0 Å². The standard InChI is InChI=1S/C27H26N2O3/c1-29(17-9-16-25-19-26(28-32-25)22-12-6-3-7-13-22)27(30)23-14-8-15-24(18-23)31-20-21-10-4-2-5-11-21/h2-8,10-15,18-19H,9,16-17,20H2,1H3. The van der Waals surface area contributed by atoms with Crippen molar-refractivity contribution in [2.45, 2.75) is 19.4 Å². The molecular weight excluding hydrogens is 400 g/mol. The van der Waals surface area contributed by atoms with Crippen molar-refractivity contribution in [2.75, 3.05) is 13.6 Å². The van der Waals surface area contributed by atoms with Crippen molar-refractivity contribution in [3.8, 4) is 17.0 Å². The molecule has 1 amide bonds. The van der Waals surface area contributed by atoms with E-state index in [4.69, 9.17) is 9.26 Å². The predicted molar refractivity (Wildman–Crippen MR) is 124 cm³/mol. The number of aromatic nitrogens is 1. The van der Waals surface area contributed by atoms with Crippen LogP contribution in [0.15, 0.2) is 95.5 Å². The van der Waals surface area contributed by atoms with Gasteiger partial charge in [0.2, 0.25) is 0 Å². The molecule has 0 fully saturated rings. The third kappa shape index (κ3) is 5.64. The normalized spacial score (nSPS) is 10.7. The third-order valence-corrected chi connectivity index (χ3v) is 5.22. The van der Waals surface area contributed by atoms with E-state index in [1.807, 2.05) is 92.0 Å². The fourth-order valence-corrected chi connectivity index (χ4v) is 3.45. The molecule has 0 atom stereocenters. The van der Waals surface area contributed by atoms with Gasteiger partial charge in [0.15, 0.2) is 0 Å². The maximum Gasteiger partial charge on any atom is 0.253 e. The third-order valence-electron chi connectivity index (χ3n) is 5.22. The van der Waals surface area contributed by atoms with Crippen LogP contribution >= 0.6 is 0 Å². The van der Waals surface area contributed by atoms with E-state index in [-0.39, 0.29) is 5.91 Å². The van der Waals surface area contributed by atoms with E-state index in [0.29, 0.717) is 24.5 Å². The van der Waals surface area contributed by atoms with Gasteiger partial charge in [-0.2, -0.15) is 0 Å². The monoisotopic (exact) mass is 426 g/mol. The summed E-state index contributed by atoms with van der Waals surface area (Å²) in [5, 5.41) is 4.15. The van der Waals surface area contributed by atoms with Crippen LogP contribution in [0.1, 0.15) is 28.1 Å². The van der Waals surface area contributed by atoms with Crippen LogP contribution in [0.25, 0.3) is 11.3 Å². The Morgan fingerprint density at radius 3 is 2.47 bits per heavy atom. The van der Waals surface area contributed by atoms with Crippen LogP contribution < -0.4 is 4.74 Å². The van der Waals surface area contributed by atoms with Gasteiger partial charge in [0, 0.05) is 37.2 Å². The minimum absolute atomic E-state index is 0.0299. The number of amides is 1. The molecule has 0 aliphatic rings. The second-order valence-corrected chi connectivity index (χ2v) is 7.68.